The van der Waals surface area contributed by atoms with Gasteiger partial charge in [-0.15, -0.1) is 5.10 Å². The van der Waals surface area contributed by atoms with Crippen molar-refractivity contribution in [3.8, 4) is 0 Å². The Labute approximate surface area is 220 Å². The largest absolute Gasteiger partial charge is 0.393 e. The quantitative estimate of drug-likeness (QED) is 0.288. The molecule has 0 spiro atoms. The predicted octanol–water partition coefficient (Wildman–Crippen LogP) is 4.31. The van der Waals surface area contributed by atoms with Crippen molar-refractivity contribution >= 4 is 46.1 Å². The summed E-state index contributed by atoms with van der Waals surface area (Å²) >= 11 is 5.95. The zero-order valence-corrected chi connectivity index (χ0v) is 21.5. The second-order valence-electron chi connectivity index (χ2n) is 10.2. The molecule has 196 valence electrons. The molecule has 0 aliphatic heterocycles. The van der Waals surface area contributed by atoms with Gasteiger partial charge in [-0.05, 0) is 63.5 Å². The summed E-state index contributed by atoms with van der Waals surface area (Å²) in [5.41, 5.74) is 2.28. The van der Waals surface area contributed by atoms with Gasteiger partial charge in [0, 0.05) is 42.9 Å². The summed E-state index contributed by atoms with van der Waals surface area (Å²) in [6, 6.07) is 5.84. The lowest BCUT2D eigenvalue weighted by molar-refractivity contribution is -0.121. The van der Waals surface area contributed by atoms with Gasteiger partial charge < -0.3 is 21.1 Å². The predicted molar refractivity (Wildman–Crippen MR) is 142 cm³/mol. The van der Waals surface area contributed by atoms with Crippen LogP contribution in [0.5, 0.6) is 0 Å². The molecule has 2 saturated carbocycles. The number of ketones is 1. The Morgan fingerprint density at radius 3 is 2.54 bits per heavy atom. The van der Waals surface area contributed by atoms with Crippen LogP contribution in [-0.2, 0) is 4.79 Å². The fourth-order valence-corrected chi connectivity index (χ4v) is 5.05. The number of carbonyl (C=O) groups excluding carboxylic acids is 2. The number of rotatable bonds is 10. The summed E-state index contributed by atoms with van der Waals surface area (Å²) in [4.78, 5) is 33.6. The molecule has 0 bridgehead atoms. The molecule has 2 aliphatic rings. The van der Waals surface area contributed by atoms with Crippen molar-refractivity contribution in [1.29, 1.82) is 0 Å². The molecule has 5 rings (SSSR count). The zero-order chi connectivity index (χ0) is 25.9. The molecule has 0 radical (unpaired) electrons. The van der Waals surface area contributed by atoms with Gasteiger partial charge in [0.25, 0.3) is 5.91 Å². The minimum atomic E-state index is -0.581. The number of pyridine rings is 1. The summed E-state index contributed by atoms with van der Waals surface area (Å²) in [7, 11) is 0. The van der Waals surface area contributed by atoms with Gasteiger partial charge in [0.2, 0.25) is 0 Å². The first-order valence-electron chi connectivity index (χ1n) is 12.9. The van der Waals surface area contributed by atoms with Gasteiger partial charge in [0.05, 0.1) is 18.0 Å². The molecule has 37 heavy (non-hydrogen) atoms. The number of hydrogen-bond donors (Lipinski definition) is 4. The molecule has 10 nitrogen and oxygen atoms in total. The van der Waals surface area contributed by atoms with E-state index in [1.807, 2.05) is 6.07 Å². The number of Topliss-reactive ketones (excluding diaryl/α,β-unsaturated/α-hetero) is 1. The van der Waals surface area contributed by atoms with Crippen LogP contribution in [0.1, 0.15) is 68.8 Å². The molecule has 3 aromatic rings. The van der Waals surface area contributed by atoms with E-state index in [2.05, 4.69) is 25.9 Å². The van der Waals surface area contributed by atoms with Crippen molar-refractivity contribution in [2.75, 3.05) is 16.0 Å². The van der Waals surface area contributed by atoms with Crippen LogP contribution in [0, 0.1) is 5.92 Å². The average Bonchev–Trinajstić information content (AvgIpc) is 3.55. The van der Waals surface area contributed by atoms with Crippen molar-refractivity contribution in [3.63, 3.8) is 0 Å². The molecular formula is C26H32ClN7O3. The van der Waals surface area contributed by atoms with Crippen LogP contribution in [-0.4, -0.2) is 54.6 Å². The normalized spacial score (nSPS) is 20.4. The van der Waals surface area contributed by atoms with Crippen molar-refractivity contribution < 1.29 is 14.7 Å². The van der Waals surface area contributed by atoms with Gasteiger partial charge >= 0.3 is 0 Å². The highest BCUT2D eigenvalue weighted by Crippen LogP contribution is 2.32. The topological polar surface area (TPSA) is 134 Å². The van der Waals surface area contributed by atoms with Crippen LogP contribution < -0.4 is 16.0 Å². The van der Waals surface area contributed by atoms with Gasteiger partial charge in [-0.25, -0.2) is 14.5 Å². The number of nitrogens with zero attached hydrogens (tertiary/aromatic N) is 4. The smallest absolute Gasteiger partial charge is 0.276 e. The molecule has 1 amide bonds. The Morgan fingerprint density at radius 1 is 1.11 bits per heavy atom. The van der Waals surface area contributed by atoms with E-state index < -0.39 is 6.10 Å². The van der Waals surface area contributed by atoms with Crippen LogP contribution in [0.4, 0.5) is 17.2 Å². The summed E-state index contributed by atoms with van der Waals surface area (Å²) in [5, 5.41) is 24.4. The summed E-state index contributed by atoms with van der Waals surface area (Å²) in [6.07, 6.45) is 9.20. The summed E-state index contributed by atoms with van der Waals surface area (Å²) < 4.78 is 1.57. The van der Waals surface area contributed by atoms with Crippen molar-refractivity contribution in [3.05, 3.63) is 41.4 Å². The lowest BCUT2D eigenvalue weighted by Gasteiger charge is -2.29. The van der Waals surface area contributed by atoms with Crippen molar-refractivity contribution in [2.45, 2.75) is 76.5 Å². The molecular weight excluding hydrogens is 494 g/mol. The maximum absolute atomic E-state index is 13.1. The zero-order valence-electron chi connectivity index (χ0n) is 20.8. The average molecular weight is 526 g/mol. The number of aromatic nitrogens is 4. The van der Waals surface area contributed by atoms with Gasteiger partial charge in [-0.3, -0.25) is 9.59 Å². The van der Waals surface area contributed by atoms with E-state index in [0.29, 0.717) is 46.4 Å². The molecule has 3 aromatic heterocycles. The number of carbonyl (C=O) groups is 2. The minimum Gasteiger partial charge on any atom is -0.393 e. The fourth-order valence-electron chi connectivity index (χ4n) is 4.88. The lowest BCUT2D eigenvalue weighted by atomic mass is 9.82. The van der Waals surface area contributed by atoms with Gasteiger partial charge in [-0.1, -0.05) is 11.6 Å². The maximum atomic E-state index is 13.1. The first-order valence-corrected chi connectivity index (χ1v) is 13.3. The molecule has 11 heteroatoms. The molecule has 2 fully saturated rings. The number of imidazole rings is 1. The van der Waals surface area contributed by atoms with E-state index in [9.17, 15) is 14.7 Å². The highest BCUT2D eigenvalue weighted by atomic mass is 35.5. The van der Waals surface area contributed by atoms with E-state index >= 15 is 0 Å². The van der Waals surface area contributed by atoms with Crippen LogP contribution in [0.3, 0.4) is 0 Å². The first-order chi connectivity index (χ1) is 17.8. The number of aliphatic hydroxyl groups excluding tert-OH is 1. The maximum Gasteiger partial charge on any atom is 0.276 e. The standard InChI is InChI=1S/C26H32ClN7O3/c1-15(35)10-20(36)11-16-2-4-18(5-3-16)31-24-13-21(30-17-6-7-17)25-29-14-22(34(25)33-24)26(37)32-19-8-9-28-23(27)12-19/h8-9,12-18,30,35H,2-7,10-11H2,1H3,(H,31,33)(H,28,32,37)/t15-,16?,18?/m1/s1. The van der Waals surface area contributed by atoms with Gasteiger partial charge in [0.15, 0.2) is 11.3 Å². The number of halogens is 1. The van der Waals surface area contributed by atoms with Crippen LogP contribution in [0.25, 0.3) is 5.65 Å². The Hall–Kier alpha value is -3.24. The van der Waals surface area contributed by atoms with E-state index in [4.69, 9.17) is 16.7 Å². The Kier molecular flexibility index (Phi) is 7.57. The van der Waals surface area contributed by atoms with Crippen LogP contribution in [0.2, 0.25) is 5.15 Å². The van der Waals surface area contributed by atoms with Crippen LogP contribution in [0.15, 0.2) is 30.6 Å². The molecule has 0 aromatic carbocycles. The van der Waals surface area contributed by atoms with E-state index in [1.165, 1.54) is 12.4 Å². The third kappa shape index (κ3) is 6.56. The van der Waals surface area contributed by atoms with Crippen LogP contribution >= 0.6 is 11.6 Å². The van der Waals surface area contributed by atoms with Gasteiger partial charge in [-0.2, -0.15) is 0 Å². The number of amides is 1. The van der Waals surface area contributed by atoms with Crippen molar-refractivity contribution in [2.24, 2.45) is 5.92 Å². The number of fused-ring (bicyclic) bond motifs is 1. The fraction of sp³-hybridized carbons (Fsp3) is 0.500. The molecule has 2 aliphatic carbocycles. The third-order valence-corrected chi connectivity index (χ3v) is 7.07. The monoisotopic (exact) mass is 525 g/mol. The number of nitrogens with one attached hydrogen (secondary N) is 3. The Bertz CT molecular complexity index is 1280. The highest BCUT2D eigenvalue weighted by Gasteiger charge is 2.26. The molecule has 3 heterocycles. The number of hydrogen-bond acceptors (Lipinski definition) is 8. The minimum absolute atomic E-state index is 0.134. The first kappa shape index (κ1) is 25.4. The van der Waals surface area contributed by atoms with E-state index in [-0.39, 0.29) is 24.2 Å². The molecule has 0 unspecified atom stereocenters. The Balaban J connectivity index is 1.31. The third-order valence-electron chi connectivity index (χ3n) is 6.86. The SMILES string of the molecule is C[C@@H](O)CC(=O)CC1CCC(Nc2cc(NC3CC3)c3ncc(C(=O)Nc4ccnc(Cl)c4)n3n2)CC1. The number of aliphatic hydroxyl groups is 1. The molecule has 4 N–H and O–H groups in total. The second kappa shape index (κ2) is 11.0. The van der Waals surface area contributed by atoms with E-state index in [1.54, 1.807) is 23.6 Å². The second-order valence-corrected chi connectivity index (χ2v) is 10.6. The summed E-state index contributed by atoms with van der Waals surface area (Å²) in [5.74, 6) is 0.814. The summed E-state index contributed by atoms with van der Waals surface area (Å²) in [6.45, 7) is 1.65. The van der Waals surface area contributed by atoms with Gasteiger partial charge in [0.1, 0.15) is 16.8 Å². The van der Waals surface area contributed by atoms with E-state index in [0.717, 1.165) is 44.2 Å². The Morgan fingerprint density at radius 2 is 1.84 bits per heavy atom. The van der Waals surface area contributed by atoms with Crippen molar-refractivity contribution in [1.82, 2.24) is 19.6 Å². The lowest BCUT2D eigenvalue weighted by Crippen LogP contribution is -2.28. The molecule has 0 saturated heterocycles. The molecule has 1 atom stereocenters. The highest BCUT2D eigenvalue weighted by molar-refractivity contribution is 6.29. The number of anilines is 3.